The molecule has 0 heterocycles. The van der Waals surface area contributed by atoms with E-state index >= 15 is 0 Å². The van der Waals surface area contributed by atoms with Gasteiger partial charge in [-0.15, -0.1) is 11.6 Å². The molecule has 0 aliphatic carbocycles. The summed E-state index contributed by atoms with van der Waals surface area (Å²) in [5.74, 6) is -1.05. The smallest absolute Gasteiger partial charge is 0.258 e. The number of alkyl halides is 1. The van der Waals surface area contributed by atoms with E-state index in [9.17, 15) is 22.9 Å². The monoisotopic (exact) mass is 296 g/mol. The summed E-state index contributed by atoms with van der Waals surface area (Å²) in [6.07, 6.45) is 0. The Morgan fingerprint density at radius 1 is 1.56 bits per heavy atom. The molecule has 6 nitrogen and oxygen atoms in total. The molecule has 100 valence electrons. The lowest BCUT2D eigenvalue weighted by molar-refractivity contribution is -0.387. The van der Waals surface area contributed by atoms with Crippen LogP contribution in [0.4, 0.5) is 10.1 Å². The molecule has 0 radical (unpaired) electrons. The summed E-state index contributed by atoms with van der Waals surface area (Å²) in [5.41, 5.74) is -0.892. The van der Waals surface area contributed by atoms with Crippen LogP contribution < -0.4 is 4.72 Å². The van der Waals surface area contributed by atoms with Gasteiger partial charge in [0.15, 0.2) is 0 Å². The summed E-state index contributed by atoms with van der Waals surface area (Å²) in [4.78, 5) is 9.14. The molecular formula is C9H10ClFN2O4S. The van der Waals surface area contributed by atoms with Crippen LogP contribution in [0.15, 0.2) is 23.1 Å². The van der Waals surface area contributed by atoms with E-state index in [2.05, 4.69) is 4.72 Å². The zero-order valence-electron chi connectivity index (χ0n) is 9.26. The highest BCUT2D eigenvalue weighted by Gasteiger charge is 2.22. The van der Waals surface area contributed by atoms with Gasteiger partial charge in [0.05, 0.1) is 9.82 Å². The molecule has 1 aromatic carbocycles. The predicted molar refractivity (Wildman–Crippen MR) is 63.6 cm³/mol. The summed E-state index contributed by atoms with van der Waals surface area (Å²) >= 11 is 5.46. The number of nitrogens with one attached hydrogen (secondary N) is 1. The molecule has 0 bridgehead atoms. The second-order valence-electron chi connectivity index (χ2n) is 3.55. The molecule has 1 rings (SSSR count). The first-order valence-electron chi connectivity index (χ1n) is 4.80. The Hall–Kier alpha value is -1.25. The van der Waals surface area contributed by atoms with Crippen molar-refractivity contribution >= 4 is 27.3 Å². The summed E-state index contributed by atoms with van der Waals surface area (Å²) in [5, 5.41) is 10.5. The Kier molecular flexibility index (Phi) is 4.60. The molecule has 1 aromatic rings. The number of hydrogen-bond acceptors (Lipinski definition) is 4. The average molecular weight is 297 g/mol. The van der Waals surface area contributed by atoms with Crippen LogP contribution in [0, 0.1) is 15.9 Å². The molecular weight excluding hydrogens is 287 g/mol. The van der Waals surface area contributed by atoms with E-state index in [1.54, 1.807) is 0 Å². The first-order valence-corrected chi connectivity index (χ1v) is 6.82. The maximum Gasteiger partial charge on any atom is 0.306 e. The van der Waals surface area contributed by atoms with Crippen molar-refractivity contribution in [3.8, 4) is 0 Å². The standard InChI is InChI=1S/C9H10ClFN2O4S/c1-6(5-10)12-18(16,17)7-2-3-8(11)9(4-7)13(14)15/h2-4,6,12H,5H2,1H3. The first-order chi connectivity index (χ1) is 8.27. The fraction of sp³-hybridized carbons (Fsp3) is 0.333. The molecule has 0 fully saturated rings. The van der Waals surface area contributed by atoms with Gasteiger partial charge in [-0.3, -0.25) is 10.1 Å². The van der Waals surface area contributed by atoms with Crippen molar-refractivity contribution in [2.24, 2.45) is 0 Å². The molecule has 1 unspecified atom stereocenters. The van der Waals surface area contributed by atoms with Crippen molar-refractivity contribution in [1.82, 2.24) is 4.72 Å². The van der Waals surface area contributed by atoms with Gasteiger partial charge in [0.2, 0.25) is 15.8 Å². The molecule has 0 aromatic heterocycles. The Balaban J connectivity index is 3.18. The second-order valence-corrected chi connectivity index (χ2v) is 5.57. The van der Waals surface area contributed by atoms with E-state index in [1.165, 1.54) is 6.92 Å². The first kappa shape index (κ1) is 14.8. The second kappa shape index (κ2) is 5.59. The minimum Gasteiger partial charge on any atom is -0.258 e. The van der Waals surface area contributed by atoms with E-state index in [0.717, 1.165) is 12.1 Å². The number of benzene rings is 1. The maximum absolute atomic E-state index is 13.1. The molecule has 1 N–H and O–H groups in total. The fourth-order valence-corrected chi connectivity index (χ4v) is 2.60. The molecule has 0 saturated carbocycles. The highest BCUT2D eigenvalue weighted by atomic mass is 35.5. The van der Waals surface area contributed by atoms with Crippen molar-refractivity contribution in [3.05, 3.63) is 34.1 Å². The van der Waals surface area contributed by atoms with E-state index in [0.29, 0.717) is 6.07 Å². The van der Waals surface area contributed by atoms with Crippen molar-refractivity contribution in [2.75, 3.05) is 5.88 Å². The van der Waals surface area contributed by atoms with Crippen molar-refractivity contribution in [1.29, 1.82) is 0 Å². The third-order valence-corrected chi connectivity index (χ3v) is 4.06. The lowest BCUT2D eigenvalue weighted by atomic mass is 10.3. The zero-order valence-corrected chi connectivity index (χ0v) is 10.8. The third kappa shape index (κ3) is 3.37. The topological polar surface area (TPSA) is 89.3 Å². The number of nitro groups is 1. The van der Waals surface area contributed by atoms with Gasteiger partial charge in [-0.25, -0.2) is 13.1 Å². The number of rotatable bonds is 5. The Labute approximate surface area is 108 Å². The van der Waals surface area contributed by atoms with Crippen molar-refractivity contribution < 1.29 is 17.7 Å². The van der Waals surface area contributed by atoms with Crippen LogP contribution in [0.25, 0.3) is 0 Å². The van der Waals surface area contributed by atoms with Crippen LogP contribution in [-0.2, 0) is 10.0 Å². The van der Waals surface area contributed by atoms with E-state index in [1.807, 2.05) is 0 Å². The third-order valence-electron chi connectivity index (χ3n) is 2.01. The van der Waals surface area contributed by atoms with Gasteiger partial charge < -0.3 is 0 Å². The number of halogens is 2. The summed E-state index contributed by atoms with van der Waals surface area (Å²) < 4.78 is 38.8. The lowest BCUT2D eigenvalue weighted by Crippen LogP contribution is -2.33. The van der Waals surface area contributed by atoms with Crippen molar-refractivity contribution in [2.45, 2.75) is 17.9 Å². The van der Waals surface area contributed by atoms with Gasteiger partial charge in [-0.2, -0.15) is 4.39 Å². The number of hydrogen-bond donors (Lipinski definition) is 1. The van der Waals surface area contributed by atoms with Gasteiger partial charge in [0.1, 0.15) is 0 Å². The summed E-state index contributed by atoms with van der Waals surface area (Å²) in [6.45, 7) is 1.53. The van der Waals surface area contributed by atoms with Crippen molar-refractivity contribution in [3.63, 3.8) is 0 Å². The molecule has 9 heteroatoms. The lowest BCUT2D eigenvalue weighted by Gasteiger charge is -2.11. The van der Waals surface area contributed by atoms with Gasteiger partial charge >= 0.3 is 5.69 Å². The van der Waals surface area contributed by atoms with Crippen LogP contribution in [0.2, 0.25) is 0 Å². The predicted octanol–water partition coefficient (Wildman–Crippen LogP) is 1.64. The number of nitrogens with zero attached hydrogens (tertiary/aromatic N) is 1. The minimum atomic E-state index is -3.95. The maximum atomic E-state index is 13.1. The minimum absolute atomic E-state index is 0.0442. The zero-order chi connectivity index (χ0) is 13.9. The SMILES string of the molecule is CC(CCl)NS(=O)(=O)c1ccc(F)c([N+](=O)[O-])c1. The van der Waals surface area contributed by atoms with Gasteiger partial charge in [0.25, 0.3) is 0 Å². The van der Waals surface area contributed by atoms with Crippen LogP contribution in [0.3, 0.4) is 0 Å². The van der Waals surface area contributed by atoms with Gasteiger partial charge in [0, 0.05) is 18.0 Å². The van der Waals surface area contributed by atoms with E-state index < -0.39 is 32.5 Å². The summed E-state index contributed by atoms with van der Waals surface area (Å²) in [6, 6.07) is 1.81. The van der Waals surface area contributed by atoms with E-state index in [-0.39, 0.29) is 10.8 Å². The average Bonchev–Trinajstić information content (AvgIpc) is 2.28. The largest absolute Gasteiger partial charge is 0.306 e. The molecule has 18 heavy (non-hydrogen) atoms. The quantitative estimate of drug-likeness (QED) is 0.508. The Bertz CT molecular complexity index is 564. The van der Waals surface area contributed by atoms with Crippen LogP contribution in [-0.4, -0.2) is 25.3 Å². The number of nitro benzene ring substituents is 1. The van der Waals surface area contributed by atoms with Gasteiger partial charge in [-0.05, 0) is 19.1 Å². The fourth-order valence-electron chi connectivity index (χ4n) is 1.16. The molecule has 1 atom stereocenters. The Morgan fingerprint density at radius 2 is 2.17 bits per heavy atom. The molecule has 0 spiro atoms. The normalized spacial score (nSPS) is 13.3. The van der Waals surface area contributed by atoms with Crippen LogP contribution in [0.1, 0.15) is 6.92 Å². The highest BCUT2D eigenvalue weighted by molar-refractivity contribution is 7.89. The molecule has 0 saturated heterocycles. The highest BCUT2D eigenvalue weighted by Crippen LogP contribution is 2.21. The number of sulfonamides is 1. The molecule has 0 amide bonds. The van der Waals surface area contributed by atoms with Crippen LogP contribution >= 0.6 is 11.6 Å². The molecule has 0 aliphatic heterocycles. The Morgan fingerprint density at radius 3 is 2.67 bits per heavy atom. The molecule has 0 aliphatic rings. The van der Waals surface area contributed by atoms with Gasteiger partial charge in [-0.1, -0.05) is 0 Å². The summed E-state index contributed by atoms with van der Waals surface area (Å²) in [7, 11) is -3.95. The van der Waals surface area contributed by atoms with Crippen LogP contribution in [0.5, 0.6) is 0 Å². The van der Waals surface area contributed by atoms with E-state index in [4.69, 9.17) is 11.6 Å².